The second-order valence-electron chi connectivity index (χ2n) is 5.42. The Hall–Kier alpha value is -2.12. The Morgan fingerprint density at radius 3 is 2.72 bits per heavy atom. The number of hydrogen-bond acceptors (Lipinski definition) is 5. The Morgan fingerprint density at radius 2 is 1.96 bits per heavy atom. The first-order chi connectivity index (χ1) is 12.2. The van der Waals surface area contributed by atoms with E-state index in [9.17, 15) is 0 Å². The molecule has 0 bridgehead atoms. The minimum atomic E-state index is 0.649. The maximum Gasteiger partial charge on any atom is 0.212 e. The molecule has 7 heteroatoms. The van der Waals surface area contributed by atoms with E-state index in [2.05, 4.69) is 38.3 Å². The molecule has 1 aliphatic heterocycles. The fourth-order valence-electron chi connectivity index (χ4n) is 2.58. The van der Waals surface area contributed by atoms with Crippen LogP contribution in [0.5, 0.6) is 5.75 Å². The van der Waals surface area contributed by atoms with Crippen LogP contribution < -0.4 is 4.74 Å². The summed E-state index contributed by atoms with van der Waals surface area (Å²) in [5, 5.41) is 14.2. The third-order valence-corrected chi connectivity index (χ3v) is 5.18. The first kappa shape index (κ1) is 16.4. The van der Waals surface area contributed by atoms with E-state index in [0.717, 1.165) is 43.8 Å². The Bertz CT molecular complexity index is 937. The van der Waals surface area contributed by atoms with Gasteiger partial charge < -0.3 is 4.74 Å². The molecule has 126 valence electrons. The molecule has 0 spiro atoms. The summed E-state index contributed by atoms with van der Waals surface area (Å²) in [5.74, 6) is 2.35. The van der Waals surface area contributed by atoms with Crippen LogP contribution >= 0.6 is 27.7 Å². The lowest BCUT2D eigenvalue weighted by molar-refractivity contribution is 0.340. The maximum absolute atomic E-state index is 5.50. The summed E-state index contributed by atoms with van der Waals surface area (Å²) in [7, 11) is 0. The predicted octanol–water partition coefficient (Wildman–Crippen LogP) is 4.46. The first-order valence-electron chi connectivity index (χ1n) is 7.90. The van der Waals surface area contributed by atoms with Gasteiger partial charge in [0.05, 0.1) is 12.3 Å². The normalized spacial score (nSPS) is 13.3. The molecule has 3 aromatic rings. The summed E-state index contributed by atoms with van der Waals surface area (Å²) < 4.78 is 8.36. The Morgan fingerprint density at radius 1 is 1.12 bits per heavy atom. The number of halogens is 1. The molecule has 0 atom stereocenters. The van der Waals surface area contributed by atoms with Crippen LogP contribution in [-0.2, 0) is 0 Å². The zero-order valence-electron chi connectivity index (χ0n) is 13.5. The molecule has 2 aromatic carbocycles. The second kappa shape index (κ2) is 7.01. The first-order valence-corrected chi connectivity index (χ1v) is 9.67. The van der Waals surface area contributed by atoms with Gasteiger partial charge in [-0.15, -0.1) is 10.2 Å². The van der Waals surface area contributed by atoms with Crippen molar-refractivity contribution in [2.45, 2.75) is 12.1 Å². The van der Waals surface area contributed by atoms with Gasteiger partial charge >= 0.3 is 0 Å². The molecule has 0 unspecified atom stereocenters. The molecule has 0 saturated carbocycles. The topological polar surface area (TPSA) is 52.3 Å². The average molecular weight is 415 g/mol. The Kier molecular flexibility index (Phi) is 4.59. The number of nitrogens with zero attached hydrogens (tertiary/aromatic N) is 4. The highest BCUT2D eigenvalue weighted by Crippen LogP contribution is 2.29. The molecule has 0 radical (unpaired) electrons. The maximum atomic E-state index is 5.50. The SMILES string of the molecule is CCOc1ccc(-c2nnc3n2N=C(c2cccc(Br)c2)CS3)cc1. The lowest BCUT2D eigenvalue weighted by Crippen LogP contribution is -2.13. The zero-order chi connectivity index (χ0) is 17.2. The highest BCUT2D eigenvalue weighted by atomic mass is 79.9. The van der Waals surface area contributed by atoms with Crippen molar-refractivity contribution in [3.63, 3.8) is 0 Å². The number of ether oxygens (including phenoxy) is 1. The molecule has 0 amide bonds. The zero-order valence-corrected chi connectivity index (χ0v) is 15.9. The lowest BCUT2D eigenvalue weighted by Gasteiger charge is -2.14. The van der Waals surface area contributed by atoms with Gasteiger partial charge in [-0.2, -0.15) is 9.78 Å². The molecule has 0 fully saturated rings. The summed E-state index contributed by atoms with van der Waals surface area (Å²) in [6, 6.07) is 16.0. The molecule has 0 aliphatic carbocycles. The van der Waals surface area contributed by atoms with Crippen molar-refractivity contribution in [3.05, 3.63) is 58.6 Å². The molecular weight excluding hydrogens is 400 g/mol. The number of aromatic nitrogens is 3. The van der Waals surface area contributed by atoms with Crippen LogP contribution in [0, 0.1) is 0 Å². The van der Waals surface area contributed by atoms with Crippen LogP contribution in [0.3, 0.4) is 0 Å². The molecule has 0 N–H and O–H groups in total. The monoisotopic (exact) mass is 414 g/mol. The summed E-state index contributed by atoms with van der Waals surface area (Å²) >= 11 is 5.16. The van der Waals surface area contributed by atoms with E-state index in [1.54, 1.807) is 11.8 Å². The van der Waals surface area contributed by atoms with Crippen molar-refractivity contribution in [2.24, 2.45) is 5.10 Å². The molecular formula is C18H15BrN4OS. The van der Waals surface area contributed by atoms with Crippen molar-refractivity contribution >= 4 is 33.4 Å². The van der Waals surface area contributed by atoms with Crippen molar-refractivity contribution in [2.75, 3.05) is 12.4 Å². The van der Waals surface area contributed by atoms with Crippen molar-refractivity contribution in [1.29, 1.82) is 0 Å². The van der Waals surface area contributed by atoms with Crippen LogP contribution in [-0.4, -0.2) is 32.9 Å². The summed E-state index contributed by atoms with van der Waals surface area (Å²) in [4.78, 5) is 0. The van der Waals surface area contributed by atoms with Crippen LogP contribution in [0.2, 0.25) is 0 Å². The average Bonchev–Trinajstić information content (AvgIpc) is 3.06. The molecule has 25 heavy (non-hydrogen) atoms. The van der Waals surface area contributed by atoms with E-state index >= 15 is 0 Å². The summed E-state index contributed by atoms with van der Waals surface area (Å²) in [6.45, 7) is 2.62. The Labute approximate surface area is 158 Å². The van der Waals surface area contributed by atoms with Crippen LogP contribution in [0.15, 0.2) is 63.3 Å². The van der Waals surface area contributed by atoms with Crippen molar-refractivity contribution in [3.8, 4) is 17.1 Å². The quantitative estimate of drug-likeness (QED) is 0.631. The second-order valence-corrected chi connectivity index (χ2v) is 7.28. The number of rotatable bonds is 4. The summed E-state index contributed by atoms with van der Waals surface area (Å²) in [6.07, 6.45) is 0. The lowest BCUT2D eigenvalue weighted by atomic mass is 10.1. The minimum absolute atomic E-state index is 0.649. The third kappa shape index (κ3) is 3.34. The van der Waals surface area contributed by atoms with Gasteiger partial charge in [-0.1, -0.05) is 39.8 Å². The van der Waals surface area contributed by atoms with Gasteiger partial charge in [0.15, 0.2) is 5.82 Å². The fourth-order valence-corrected chi connectivity index (χ4v) is 3.82. The summed E-state index contributed by atoms with van der Waals surface area (Å²) in [5.41, 5.74) is 3.06. The third-order valence-electron chi connectivity index (χ3n) is 3.75. The van der Waals surface area contributed by atoms with Gasteiger partial charge in [0.1, 0.15) is 5.75 Å². The van der Waals surface area contributed by atoms with Gasteiger partial charge in [0, 0.05) is 15.8 Å². The minimum Gasteiger partial charge on any atom is -0.494 e. The van der Waals surface area contributed by atoms with E-state index in [0.29, 0.717) is 6.61 Å². The predicted molar refractivity (Wildman–Crippen MR) is 103 cm³/mol. The van der Waals surface area contributed by atoms with Gasteiger partial charge in [0.25, 0.3) is 0 Å². The number of fused-ring (bicyclic) bond motifs is 1. The van der Waals surface area contributed by atoms with E-state index in [1.165, 1.54) is 0 Å². The molecule has 1 aliphatic rings. The van der Waals surface area contributed by atoms with Gasteiger partial charge in [-0.05, 0) is 48.9 Å². The smallest absolute Gasteiger partial charge is 0.212 e. The van der Waals surface area contributed by atoms with E-state index < -0.39 is 0 Å². The van der Waals surface area contributed by atoms with E-state index in [-0.39, 0.29) is 0 Å². The van der Waals surface area contributed by atoms with Crippen molar-refractivity contribution in [1.82, 2.24) is 14.9 Å². The molecule has 0 saturated heterocycles. The van der Waals surface area contributed by atoms with E-state index in [1.807, 2.05) is 48.0 Å². The molecule has 1 aromatic heterocycles. The number of thioether (sulfide) groups is 1. The molecule has 2 heterocycles. The van der Waals surface area contributed by atoms with Gasteiger partial charge in [-0.25, -0.2) is 0 Å². The van der Waals surface area contributed by atoms with E-state index in [4.69, 9.17) is 9.84 Å². The van der Waals surface area contributed by atoms with Gasteiger partial charge in [0.2, 0.25) is 5.16 Å². The van der Waals surface area contributed by atoms with Crippen LogP contribution in [0.25, 0.3) is 11.4 Å². The van der Waals surface area contributed by atoms with Crippen molar-refractivity contribution < 1.29 is 4.74 Å². The molecule has 4 rings (SSSR count). The number of benzene rings is 2. The molecule has 5 nitrogen and oxygen atoms in total. The number of hydrogen-bond donors (Lipinski definition) is 0. The standard InChI is InChI=1S/C18H15BrN4OS/c1-2-24-15-8-6-12(7-9-15)17-20-21-18-23(17)22-16(11-25-18)13-4-3-5-14(19)10-13/h3-10H,2,11H2,1H3. The van der Waals surface area contributed by atoms with Crippen LogP contribution in [0.4, 0.5) is 0 Å². The van der Waals surface area contributed by atoms with Gasteiger partial charge in [-0.3, -0.25) is 0 Å². The fraction of sp³-hybridized carbons (Fsp3) is 0.167. The highest BCUT2D eigenvalue weighted by Gasteiger charge is 2.20. The Balaban J connectivity index is 1.71. The van der Waals surface area contributed by atoms with Crippen LogP contribution in [0.1, 0.15) is 12.5 Å². The highest BCUT2D eigenvalue weighted by molar-refractivity contribution is 9.10. The largest absolute Gasteiger partial charge is 0.494 e.